The first kappa shape index (κ1) is 24.9. The van der Waals surface area contributed by atoms with Crippen LogP contribution in [-0.4, -0.2) is 35.9 Å². The number of hydrogen-bond donors (Lipinski definition) is 1. The van der Waals surface area contributed by atoms with Gasteiger partial charge in [-0.1, -0.05) is 51.1 Å². The van der Waals surface area contributed by atoms with Gasteiger partial charge in [-0.05, 0) is 70.9 Å². The lowest BCUT2D eigenvalue weighted by Gasteiger charge is -2.29. The summed E-state index contributed by atoms with van der Waals surface area (Å²) in [7, 11) is 0. The van der Waals surface area contributed by atoms with Gasteiger partial charge in [0.25, 0.3) is 5.91 Å². The van der Waals surface area contributed by atoms with Crippen LogP contribution in [0, 0.1) is 6.92 Å². The minimum Gasteiger partial charge on any atom is -0.483 e. The van der Waals surface area contributed by atoms with Crippen LogP contribution in [0.15, 0.2) is 46.9 Å². The van der Waals surface area contributed by atoms with Crippen LogP contribution in [0.2, 0.25) is 0 Å². The first-order valence-electron chi connectivity index (χ1n) is 10.8. The molecule has 0 fully saturated rings. The lowest BCUT2D eigenvalue weighted by Crippen LogP contribution is -2.49. The summed E-state index contributed by atoms with van der Waals surface area (Å²) in [5.41, 5.74) is 3.27. The van der Waals surface area contributed by atoms with Crippen molar-refractivity contribution >= 4 is 27.7 Å². The summed E-state index contributed by atoms with van der Waals surface area (Å²) in [5, 5.41) is 2.89. The van der Waals surface area contributed by atoms with Gasteiger partial charge in [-0.25, -0.2) is 0 Å². The van der Waals surface area contributed by atoms with Crippen molar-refractivity contribution in [1.29, 1.82) is 0 Å². The zero-order valence-electron chi connectivity index (χ0n) is 19.1. The summed E-state index contributed by atoms with van der Waals surface area (Å²) in [6.07, 6.45) is 0.841. The highest BCUT2D eigenvalue weighted by Gasteiger charge is 2.26. The quantitative estimate of drug-likeness (QED) is 0.499. The predicted octanol–water partition coefficient (Wildman–Crippen LogP) is 5.20. The minimum atomic E-state index is -0.603. The number of halogens is 1. The van der Waals surface area contributed by atoms with Gasteiger partial charge in [-0.2, -0.15) is 0 Å². The van der Waals surface area contributed by atoms with Crippen molar-refractivity contribution in [3.8, 4) is 5.75 Å². The van der Waals surface area contributed by atoms with Crippen LogP contribution in [0.3, 0.4) is 0 Å². The maximum atomic E-state index is 13.1. The average molecular weight is 489 g/mol. The molecule has 2 aromatic carbocycles. The van der Waals surface area contributed by atoms with Crippen molar-refractivity contribution < 1.29 is 14.3 Å². The van der Waals surface area contributed by atoms with E-state index in [1.807, 2.05) is 56.3 Å². The Morgan fingerprint density at radius 3 is 2.45 bits per heavy atom. The number of amides is 2. The van der Waals surface area contributed by atoms with E-state index in [1.165, 1.54) is 5.56 Å². The van der Waals surface area contributed by atoms with Crippen molar-refractivity contribution in [2.45, 2.75) is 59.5 Å². The number of hydrogen-bond acceptors (Lipinski definition) is 3. The molecule has 0 heterocycles. The molecule has 0 radical (unpaired) electrons. The van der Waals surface area contributed by atoms with Crippen LogP contribution in [0.4, 0.5) is 0 Å². The Balaban J connectivity index is 2.17. The zero-order valence-corrected chi connectivity index (χ0v) is 20.7. The van der Waals surface area contributed by atoms with Gasteiger partial charge in [-0.3, -0.25) is 9.59 Å². The number of carbonyl (C=O) groups is 2. The Morgan fingerprint density at radius 1 is 1.13 bits per heavy atom. The second-order valence-electron chi connectivity index (χ2n) is 8.05. The Hall–Kier alpha value is -2.34. The maximum Gasteiger partial charge on any atom is 0.261 e. The standard InChI is InChI=1S/C25H33BrN2O3/c1-6-13-27-25(30)19(5)28(15-21-10-8-7-9-18(21)4)24(29)16-31-23-12-11-20(17(2)3)14-22(23)26/h7-12,14,17,19H,6,13,15-16H2,1-5H3,(H,27,30)/t19-/m1/s1. The van der Waals surface area contributed by atoms with Gasteiger partial charge in [0.2, 0.25) is 5.91 Å². The lowest BCUT2D eigenvalue weighted by molar-refractivity contribution is -0.142. The Morgan fingerprint density at radius 2 is 1.84 bits per heavy atom. The number of rotatable bonds is 10. The van der Waals surface area contributed by atoms with Gasteiger partial charge in [0.15, 0.2) is 6.61 Å². The largest absolute Gasteiger partial charge is 0.483 e. The molecule has 0 saturated carbocycles. The number of carbonyl (C=O) groups excluding carboxylic acids is 2. The third kappa shape index (κ3) is 7.10. The summed E-state index contributed by atoms with van der Waals surface area (Å²) in [5.74, 6) is 0.615. The Bertz CT molecular complexity index is 898. The molecule has 0 aliphatic heterocycles. The van der Waals surface area contributed by atoms with E-state index < -0.39 is 6.04 Å². The number of benzene rings is 2. The van der Waals surface area contributed by atoms with Gasteiger partial charge in [-0.15, -0.1) is 0 Å². The summed E-state index contributed by atoms with van der Waals surface area (Å²) in [6.45, 7) is 10.8. The molecule has 0 bridgehead atoms. The van der Waals surface area contributed by atoms with Crippen molar-refractivity contribution in [3.05, 3.63) is 63.6 Å². The van der Waals surface area contributed by atoms with E-state index in [1.54, 1.807) is 11.8 Å². The summed E-state index contributed by atoms with van der Waals surface area (Å²) in [4.78, 5) is 27.3. The van der Waals surface area contributed by atoms with Crippen LogP contribution in [0.1, 0.15) is 56.7 Å². The summed E-state index contributed by atoms with van der Waals surface area (Å²) < 4.78 is 6.63. The fourth-order valence-corrected chi connectivity index (χ4v) is 3.68. The zero-order chi connectivity index (χ0) is 23.0. The Kier molecular flexibility index (Phi) is 9.56. The highest BCUT2D eigenvalue weighted by molar-refractivity contribution is 9.10. The van der Waals surface area contributed by atoms with E-state index in [2.05, 4.69) is 35.1 Å². The normalized spacial score (nSPS) is 11.8. The molecule has 2 aromatic rings. The lowest BCUT2D eigenvalue weighted by atomic mass is 10.0. The van der Waals surface area contributed by atoms with Crippen LogP contribution in [0.5, 0.6) is 5.75 Å². The van der Waals surface area contributed by atoms with Crippen LogP contribution in [-0.2, 0) is 16.1 Å². The fraction of sp³-hybridized carbons (Fsp3) is 0.440. The van der Waals surface area contributed by atoms with Crippen molar-refractivity contribution in [1.82, 2.24) is 10.2 Å². The molecule has 31 heavy (non-hydrogen) atoms. The molecule has 0 spiro atoms. The van der Waals surface area contributed by atoms with Gasteiger partial charge in [0, 0.05) is 13.1 Å². The number of nitrogens with zero attached hydrogens (tertiary/aromatic N) is 1. The highest BCUT2D eigenvalue weighted by Crippen LogP contribution is 2.29. The summed E-state index contributed by atoms with van der Waals surface area (Å²) in [6, 6.07) is 13.2. The Labute approximate surface area is 194 Å². The van der Waals surface area contributed by atoms with Gasteiger partial charge < -0.3 is 15.0 Å². The minimum absolute atomic E-state index is 0.142. The number of ether oxygens (including phenoxy) is 1. The SMILES string of the molecule is CCCNC(=O)[C@@H](C)N(Cc1ccccc1C)C(=O)COc1ccc(C(C)C)cc1Br. The molecule has 0 aromatic heterocycles. The highest BCUT2D eigenvalue weighted by atomic mass is 79.9. The molecular weight excluding hydrogens is 456 g/mol. The first-order valence-corrected chi connectivity index (χ1v) is 11.6. The number of nitrogens with one attached hydrogen (secondary N) is 1. The molecule has 5 nitrogen and oxygen atoms in total. The van der Waals surface area contributed by atoms with E-state index in [0.29, 0.717) is 24.8 Å². The molecule has 0 aliphatic rings. The fourth-order valence-electron chi connectivity index (χ4n) is 3.17. The molecule has 1 N–H and O–H groups in total. The van der Waals surface area contributed by atoms with E-state index in [0.717, 1.165) is 22.0 Å². The van der Waals surface area contributed by atoms with Gasteiger partial charge in [0.1, 0.15) is 11.8 Å². The molecular formula is C25H33BrN2O3. The topological polar surface area (TPSA) is 58.6 Å². The monoisotopic (exact) mass is 488 g/mol. The van der Waals surface area contributed by atoms with Crippen LogP contribution < -0.4 is 10.1 Å². The predicted molar refractivity (Wildman–Crippen MR) is 128 cm³/mol. The van der Waals surface area contributed by atoms with Crippen molar-refractivity contribution in [3.63, 3.8) is 0 Å². The number of aryl methyl sites for hydroxylation is 1. The van der Waals surface area contributed by atoms with Crippen LogP contribution in [0.25, 0.3) is 0 Å². The molecule has 2 rings (SSSR count). The maximum absolute atomic E-state index is 13.1. The molecule has 0 saturated heterocycles. The molecule has 0 unspecified atom stereocenters. The molecule has 168 valence electrons. The first-order chi connectivity index (χ1) is 14.7. The van der Waals surface area contributed by atoms with E-state index in [-0.39, 0.29) is 18.4 Å². The average Bonchev–Trinajstić information content (AvgIpc) is 2.75. The smallest absolute Gasteiger partial charge is 0.261 e. The van der Waals surface area contributed by atoms with Gasteiger partial charge in [0.05, 0.1) is 4.47 Å². The van der Waals surface area contributed by atoms with Crippen molar-refractivity contribution in [2.75, 3.05) is 13.2 Å². The van der Waals surface area contributed by atoms with Crippen molar-refractivity contribution in [2.24, 2.45) is 0 Å². The summed E-state index contributed by atoms with van der Waals surface area (Å²) >= 11 is 3.53. The van der Waals surface area contributed by atoms with E-state index in [4.69, 9.17) is 4.74 Å². The second kappa shape index (κ2) is 11.9. The van der Waals surface area contributed by atoms with Gasteiger partial charge >= 0.3 is 0 Å². The molecule has 0 aliphatic carbocycles. The molecule has 6 heteroatoms. The van der Waals surface area contributed by atoms with E-state index in [9.17, 15) is 9.59 Å². The third-order valence-corrected chi connectivity index (χ3v) is 5.91. The van der Waals surface area contributed by atoms with E-state index >= 15 is 0 Å². The molecule has 1 atom stereocenters. The van der Waals surface area contributed by atoms with Crippen LogP contribution >= 0.6 is 15.9 Å². The third-order valence-electron chi connectivity index (χ3n) is 5.29. The molecule has 2 amide bonds. The second-order valence-corrected chi connectivity index (χ2v) is 8.90.